The molecule has 0 bridgehead atoms. The van der Waals surface area contributed by atoms with E-state index >= 15 is 0 Å². The van der Waals surface area contributed by atoms with Gasteiger partial charge in [-0.25, -0.2) is 0 Å². The molecule has 0 unspecified atom stereocenters. The van der Waals surface area contributed by atoms with Gasteiger partial charge in [0.05, 0.1) is 18.4 Å². The van der Waals surface area contributed by atoms with Crippen LogP contribution in [0, 0.1) is 0 Å². The number of rotatable bonds is 6. The van der Waals surface area contributed by atoms with Crippen LogP contribution >= 0.6 is 0 Å². The second kappa shape index (κ2) is 9.73. The third-order valence-corrected chi connectivity index (χ3v) is 4.95. The molecule has 1 fully saturated rings. The average molecular weight is 395 g/mol. The quantitative estimate of drug-likeness (QED) is 0.655. The Bertz CT molecular complexity index is 891. The molecule has 7 nitrogen and oxygen atoms in total. The summed E-state index contributed by atoms with van der Waals surface area (Å²) in [4.78, 5) is 37.1. The first-order chi connectivity index (χ1) is 14.1. The zero-order chi connectivity index (χ0) is 20.6. The zero-order valence-corrected chi connectivity index (χ0v) is 16.4. The summed E-state index contributed by atoms with van der Waals surface area (Å²) < 4.78 is 5.29. The molecule has 7 heteroatoms. The van der Waals surface area contributed by atoms with Gasteiger partial charge in [0.1, 0.15) is 5.75 Å². The Morgan fingerprint density at radius 3 is 2.41 bits per heavy atom. The van der Waals surface area contributed by atoms with E-state index in [4.69, 9.17) is 4.74 Å². The van der Waals surface area contributed by atoms with Crippen LogP contribution in [-0.4, -0.2) is 30.9 Å². The lowest BCUT2D eigenvalue weighted by atomic mass is 10.1. The van der Waals surface area contributed by atoms with Crippen LogP contribution in [0.3, 0.4) is 0 Å². The molecule has 2 aromatic rings. The van der Waals surface area contributed by atoms with E-state index in [0.717, 1.165) is 31.2 Å². The van der Waals surface area contributed by atoms with Crippen LogP contribution in [0.2, 0.25) is 0 Å². The molecule has 1 aliphatic carbocycles. The number of hydrogen-bond acceptors (Lipinski definition) is 4. The summed E-state index contributed by atoms with van der Waals surface area (Å²) in [5.74, 6) is -1.14. The fourth-order valence-electron chi connectivity index (χ4n) is 3.41. The molecule has 3 rings (SSSR count). The fraction of sp³-hybridized carbons (Fsp3) is 0.318. The van der Waals surface area contributed by atoms with Gasteiger partial charge in [0.15, 0.2) is 0 Å². The summed E-state index contributed by atoms with van der Waals surface area (Å²) in [6.45, 7) is 0.271. The molecule has 0 aliphatic heterocycles. The number of benzene rings is 2. The molecular weight excluding hydrogens is 370 g/mol. The molecule has 3 N–H and O–H groups in total. The Morgan fingerprint density at radius 2 is 1.66 bits per heavy atom. The van der Waals surface area contributed by atoms with Gasteiger partial charge in [-0.15, -0.1) is 0 Å². The molecule has 0 aromatic heterocycles. The first-order valence-corrected chi connectivity index (χ1v) is 9.69. The lowest BCUT2D eigenvalue weighted by Crippen LogP contribution is -2.40. The summed E-state index contributed by atoms with van der Waals surface area (Å²) in [7, 11) is 1.57. The third-order valence-electron chi connectivity index (χ3n) is 4.95. The second-order valence-electron chi connectivity index (χ2n) is 6.95. The van der Waals surface area contributed by atoms with Crippen molar-refractivity contribution in [3.63, 3.8) is 0 Å². The number of nitrogens with one attached hydrogen (secondary N) is 3. The van der Waals surface area contributed by atoms with Crippen LogP contribution in [0.15, 0.2) is 48.5 Å². The van der Waals surface area contributed by atoms with Gasteiger partial charge in [-0.05, 0) is 31.0 Å². The number of carbonyl (C=O) groups is 3. The zero-order valence-electron chi connectivity index (χ0n) is 16.4. The molecule has 2 aromatic carbocycles. The number of amides is 3. The highest BCUT2D eigenvalue weighted by molar-refractivity contribution is 6.40. The Kier molecular flexibility index (Phi) is 6.84. The Balaban J connectivity index is 1.63. The maximum atomic E-state index is 12.7. The van der Waals surface area contributed by atoms with E-state index in [1.807, 2.05) is 24.3 Å². The number of para-hydroxylation sites is 2. The number of methoxy groups -OCH3 is 1. The first kappa shape index (κ1) is 20.4. The highest BCUT2D eigenvalue weighted by Gasteiger charge is 2.22. The van der Waals surface area contributed by atoms with Crippen molar-refractivity contribution in [3.05, 3.63) is 59.7 Å². The minimum atomic E-state index is -0.776. The normalized spacial score (nSPS) is 13.6. The Hall–Kier alpha value is -3.35. The van der Waals surface area contributed by atoms with Gasteiger partial charge in [-0.2, -0.15) is 0 Å². The maximum Gasteiger partial charge on any atom is 0.313 e. The van der Waals surface area contributed by atoms with Crippen LogP contribution in [0.5, 0.6) is 5.75 Å². The number of carbonyl (C=O) groups excluding carboxylic acids is 3. The van der Waals surface area contributed by atoms with Gasteiger partial charge in [-0.1, -0.05) is 43.2 Å². The number of anilines is 1. The average Bonchev–Trinajstić information content (AvgIpc) is 3.25. The predicted molar refractivity (Wildman–Crippen MR) is 110 cm³/mol. The maximum absolute atomic E-state index is 12.7. The second-order valence-corrected chi connectivity index (χ2v) is 6.95. The van der Waals surface area contributed by atoms with E-state index in [9.17, 15) is 14.4 Å². The van der Waals surface area contributed by atoms with Crippen LogP contribution in [-0.2, 0) is 16.1 Å². The largest absolute Gasteiger partial charge is 0.496 e. The summed E-state index contributed by atoms with van der Waals surface area (Å²) >= 11 is 0. The smallest absolute Gasteiger partial charge is 0.313 e. The minimum Gasteiger partial charge on any atom is -0.496 e. The highest BCUT2D eigenvalue weighted by atomic mass is 16.5. The van der Waals surface area contributed by atoms with Crippen molar-refractivity contribution in [2.24, 2.45) is 0 Å². The molecule has 0 saturated heterocycles. The molecule has 1 saturated carbocycles. The van der Waals surface area contributed by atoms with Gasteiger partial charge < -0.3 is 20.7 Å². The topological polar surface area (TPSA) is 96.5 Å². The van der Waals surface area contributed by atoms with Crippen molar-refractivity contribution in [3.8, 4) is 5.75 Å². The molecule has 1 aliphatic rings. The summed E-state index contributed by atoms with van der Waals surface area (Å²) in [6, 6.07) is 14.0. The Morgan fingerprint density at radius 1 is 0.966 bits per heavy atom. The predicted octanol–water partition coefficient (Wildman–Crippen LogP) is 2.62. The molecular formula is C22H25N3O4. The van der Waals surface area contributed by atoms with E-state index in [1.165, 1.54) is 0 Å². The third kappa shape index (κ3) is 5.34. The Labute approximate surface area is 169 Å². The molecule has 0 radical (unpaired) electrons. The van der Waals surface area contributed by atoms with Crippen LogP contribution in [0.4, 0.5) is 5.69 Å². The van der Waals surface area contributed by atoms with E-state index in [2.05, 4.69) is 16.0 Å². The van der Waals surface area contributed by atoms with Crippen molar-refractivity contribution in [2.45, 2.75) is 38.3 Å². The fourth-order valence-corrected chi connectivity index (χ4v) is 3.41. The lowest BCUT2D eigenvalue weighted by molar-refractivity contribution is -0.136. The van der Waals surface area contributed by atoms with Gasteiger partial charge >= 0.3 is 11.8 Å². The van der Waals surface area contributed by atoms with Crippen LogP contribution in [0.25, 0.3) is 0 Å². The van der Waals surface area contributed by atoms with Crippen molar-refractivity contribution in [1.82, 2.24) is 10.6 Å². The van der Waals surface area contributed by atoms with E-state index in [-0.39, 0.29) is 29.7 Å². The van der Waals surface area contributed by atoms with Gasteiger partial charge in [0, 0.05) is 18.2 Å². The summed E-state index contributed by atoms with van der Waals surface area (Å²) in [5.41, 5.74) is 1.40. The van der Waals surface area contributed by atoms with Gasteiger partial charge in [0.25, 0.3) is 5.91 Å². The van der Waals surface area contributed by atoms with Crippen LogP contribution in [0.1, 0.15) is 41.6 Å². The van der Waals surface area contributed by atoms with Crippen molar-refractivity contribution in [2.75, 3.05) is 12.4 Å². The summed E-state index contributed by atoms with van der Waals surface area (Å²) in [5, 5.41) is 8.11. The standard InChI is InChI=1S/C22H25N3O4/c1-29-19-13-7-2-8-15(19)14-23-20(26)17-11-5-6-12-18(17)25-22(28)21(27)24-16-9-3-4-10-16/h2,5-8,11-13,16H,3-4,9-10,14H2,1H3,(H,23,26)(H,24,27)(H,25,28). The number of ether oxygens (including phenoxy) is 1. The molecule has 0 atom stereocenters. The van der Waals surface area contributed by atoms with Gasteiger partial charge in [0.2, 0.25) is 0 Å². The monoisotopic (exact) mass is 395 g/mol. The first-order valence-electron chi connectivity index (χ1n) is 9.69. The number of hydrogen-bond donors (Lipinski definition) is 3. The SMILES string of the molecule is COc1ccccc1CNC(=O)c1ccccc1NC(=O)C(=O)NC1CCCC1. The highest BCUT2D eigenvalue weighted by Crippen LogP contribution is 2.19. The lowest BCUT2D eigenvalue weighted by Gasteiger charge is -2.14. The van der Waals surface area contributed by atoms with Crippen molar-refractivity contribution < 1.29 is 19.1 Å². The van der Waals surface area contributed by atoms with E-state index < -0.39 is 11.8 Å². The van der Waals surface area contributed by atoms with Crippen molar-refractivity contribution >= 4 is 23.4 Å². The molecule has 152 valence electrons. The molecule has 3 amide bonds. The summed E-state index contributed by atoms with van der Waals surface area (Å²) in [6.07, 6.45) is 3.89. The van der Waals surface area contributed by atoms with Gasteiger partial charge in [-0.3, -0.25) is 14.4 Å². The van der Waals surface area contributed by atoms with E-state index in [0.29, 0.717) is 5.75 Å². The molecule has 0 spiro atoms. The van der Waals surface area contributed by atoms with Crippen molar-refractivity contribution in [1.29, 1.82) is 0 Å². The minimum absolute atomic E-state index is 0.0487. The molecule has 29 heavy (non-hydrogen) atoms. The van der Waals surface area contributed by atoms with E-state index in [1.54, 1.807) is 31.4 Å². The molecule has 0 heterocycles. The van der Waals surface area contributed by atoms with Crippen LogP contribution < -0.4 is 20.7 Å².